The Balaban J connectivity index is 0.656. The molecule has 2 atom stereocenters. The minimum atomic E-state index is -0.543. The number of hydrogen-bond acceptors (Lipinski definition) is 24. The summed E-state index contributed by atoms with van der Waals surface area (Å²) in [4.78, 5) is 39.8. The van der Waals surface area contributed by atoms with E-state index in [1.807, 2.05) is 232 Å². The molecule has 12 aromatic rings. The maximum absolute atomic E-state index is 6.49. The third-order valence-electron chi connectivity index (χ3n) is 18.9. The highest BCUT2D eigenvalue weighted by atomic mass is 16.6. The first-order valence-corrected chi connectivity index (χ1v) is 39.2. The number of hydrogen-bond donors (Lipinski definition) is 0. The quantitative estimate of drug-likeness (QED) is 0.0321. The van der Waals surface area contributed by atoms with Crippen LogP contribution in [-0.2, 0) is 96.5 Å². The smallest absolute Gasteiger partial charge is 0.118 e. The number of aromatic nitrogens is 8. The van der Waals surface area contributed by atoms with Crippen LogP contribution in [0.15, 0.2) is 218 Å². The maximum Gasteiger partial charge on any atom is 0.118 e. The molecule has 0 saturated heterocycles. The Kier molecular flexibility index (Phi) is 33.6. The molecular weight excluding hydrogens is 1500 g/mol. The second kappa shape index (κ2) is 46.1. The van der Waals surface area contributed by atoms with Crippen molar-refractivity contribution in [2.45, 2.75) is 65.7 Å². The molecule has 0 bridgehead atoms. The van der Waals surface area contributed by atoms with E-state index in [1.165, 1.54) is 0 Å². The van der Waals surface area contributed by atoms with Gasteiger partial charge in [-0.15, -0.1) is 0 Å². The molecule has 0 saturated carbocycles. The van der Waals surface area contributed by atoms with Crippen molar-refractivity contribution < 1.29 is 75.8 Å². The first-order valence-electron chi connectivity index (χ1n) is 39.2. The lowest BCUT2D eigenvalue weighted by molar-refractivity contribution is -0.142. The summed E-state index contributed by atoms with van der Waals surface area (Å²) in [5.41, 5.74) is 19.6. The Hall–Kier alpha value is -11.2. The Morgan fingerprint density at radius 2 is 0.483 bits per heavy atom. The van der Waals surface area contributed by atoms with Gasteiger partial charge >= 0.3 is 0 Å². The molecule has 0 radical (unpaired) electrons. The highest BCUT2D eigenvalue weighted by Crippen LogP contribution is 2.35. The zero-order valence-electron chi connectivity index (χ0n) is 68.2. The van der Waals surface area contributed by atoms with Crippen LogP contribution in [0.4, 0.5) is 0 Å². The molecule has 4 aromatic carbocycles. The highest BCUT2D eigenvalue weighted by Gasteiger charge is 2.25. The Labute approximate surface area is 690 Å². The van der Waals surface area contributed by atoms with E-state index in [2.05, 4.69) is 9.97 Å². The van der Waals surface area contributed by atoms with E-state index in [9.17, 15) is 0 Å². The summed E-state index contributed by atoms with van der Waals surface area (Å²) >= 11 is 0. The molecule has 8 heterocycles. The molecule has 0 aliphatic heterocycles. The summed E-state index contributed by atoms with van der Waals surface area (Å²) in [6.45, 7) is 9.31. The Bertz CT molecular complexity index is 4750. The summed E-state index contributed by atoms with van der Waals surface area (Å²) in [6.07, 6.45) is -1.09. The van der Waals surface area contributed by atoms with Crippen LogP contribution < -0.4 is 18.9 Å². The first kappa shape index (κ1) is 86.1. The van der Waals surface area contributed by atoms with Gasteiger partial charge in [-0.1, -0.05) is 72.8 Å². The monoisotopic (exact) mass is 1600 g/mol. The number of methoxy groups -OCH3 is 6. The molecule has 8 aromatic heterocycles. The molecule has 24 heteroatoms. The van der Waals surface area contributed by atoms with Gasteiger partial charge in [0.25, 0.3) is 0 Å². The van der Waals surface area contributed by atoms with E-state index in [-0.39, 0.29) is 106 Å². The van der Waals surface area contributed by atoms with Crippen LogP contribution in [0.1, 0.15) is 45.6 Å². The SMILES string of the molecule is COCCOC[C@H](OCCOCCOCc1cc(-c2ccc(OC)cc2)cc(-c2cc(-c3ccc(OC)cc3)cc(COCc3cccc(-c4cccc(C)n4)n3)n2)n1)[C@H](COCCOC)OCCOCCOCc1cc(-c2ccc(OC)cc2)cc(-c2cc(-c3ccc(OC)cc3)cc(COCc3cccc(-c4cccc(C)n4)n3)n2)n1. The molecule has 0 spiro atoms. The number of rotatable bonds is 49. The number of aryl methyl sites for hydroxylation is 2. The summed E-state index contributed by atoms with van der Waals surface area (Å²) in [5.74, 6) is 2.99. The Morgan fingerprint density at radius 1 is 0.220 bits per heavy atom. The fourth-order valence-corrected chi connectivity index (χ4v) is 12.8. The molecule has 12 rings (SSSR count). The van der Waals surface area contributed by atoms with Crippen molar-refractivity contribution in [2.75, 3.05) is 135 Å². The average Bonchev–Trinajstić information content (AvgIpc) is 0.799. The van der Waals surface area contributed by atoms with Crippen molar-refractivity contribution in [3.05, 3.63) is 264 Å². The summed E-state index contributed by atoms with van der Waals surface area (Å²) in [6, 6.07) is 71.5. The summed E-state index contributed by atoms with van der Waals surface area (Å²) in [7, 11) is 9.87. The normalized spacial score (nSPS) is 11.9. The lowest BCUT2D eigenvalue weighted by Gasteiger charge is -2.27. The van der Waals surface area contributed by atoms with Gasteiger partial charge in [0.15, 0.2) is 0 Å². The first-order chi connectivity index (χ1) is 58.0. The summed E-state index contributed by atoms with van der Waals surface area (Å²) in [5, 5.41) is 0. The van der Waals surface area contributed by atoms with Crippen molar-refractivity contribution in [3.63, 3.8) is 0 Å². The van der Waals surface area contributed by atoms with E-state index < -0.39 is 12.2 Å². The van der Waals surface area contributed by atoms with Gasteiger partial charge in [0, 0.05) is 25.6 Å². The van der Waals surface area contributed by atoms with Crippen LogP contribution >= 0.6 is 0 Å². The molecule has 0 aliphatic rings. The van der Waals surface area contributed by atoms with Crippen LogP contribution in [0.3, 0.4) is 0 Å². The molecule has 0 unspecified atom stereocenters. The van der Waals surface area contributed by atoms with Crippen molar-refractivity contribution in [3.8, 4) is 113 Å². The number of ether oxygens (including phenoxy) is 16. The van der Waals surface area contributed by atoms with Gasteiger partial charge in [-0.25, -0.2) is 29.9 Å². The highest BCUT2D eigenvalue weighted by molar-refractivity contribution is 5.76. The van der Waals surface area contributed by atoms with E-state index in [0.29, 0.717) is 72.0 Å². The molecule has 24 nitrogen and oxygen atoms in total. The van der Waals surface area contributed by atoms with Crippen molar-refractivity contribution in [2.24, 2.45) is 0 Å². The fraction of sp³-hybridized carbons (Fsp3) is 0.319. The number of nitrogens with zero attached hydrogens (tertiary/aromatic N) is 8. The largest absolute Gasteiger partial charge is 0.497 e. The molecule has 0 amide bonds. The van der Waals surface area contributed by atoms with Crippen LogP contribution in [0.5, 0.6) is 23.0 Å². The van der Waals surface area contributed by atoms with Crippen molar-refractivity contribution in [1.82, 2.24) is 39.9 Å². The minimum absolute atomic E-state index is 0.194. The van der Waals surface area contributed by atoms with Gasteiger partial charge in [0.05, 0.1) is 240 Å². The average molecular weight is 1600 g/mol. The topological polar surface area (TPSA) is 251 Å². The van der Waals surface area contributed by atoms with Crippen LogP contribution in [0, 0.1) is 13.8 Å². The molecule has 118 heavy (non-hydrogen) atoms. The number of benzene rings is 4. The number of pyridine rings is 8. The maximum atomic E-state index is 6.49. The zero-order chi connectivity index (χ0) is 81.9. The van der Waals surface area contributed by atoms with Crippen molar-refractivity contribution in [1.29, 1.82) is 0 Å². The predicted octanol–water partition coefficient (Wildman–Crippen LogP) is 16.1. The van der Waals surface area contributed by atoms with Crippen LogP contribution in [-0.4, -0.2) is 187 Å². The van der Waals surface area contributed by atoms with Crippen LogP contribution in [0.2, 0.25) is 0 Å². The molecule has 614 valence electrons. The van der Waals surface area contributed by atoms with Crippen LogP contribution in [0.25, 0.3) is 90.1 Å². The molecule has 0 fully saturated rings. The molecule has 0 N–H and O–H groups in total. The lowest BCUT2D eigenvalue weighted by Crippen LogP contribution is -2.41. The second-order valence-electron chi connectivity index (χ2n) is 27.5. The van der Waals surface area contributed by atoms with Gasteiger partial charge < -0.3 is 75.8 Å². The van der Waals surface area contributed by atoms with Gasteiger partial charge in [0.2, 0.25) is 0 Å². The second-order valence-corrected chi connectivity index (χ2v) is 27.5. The summed E-state index contributed by atoms with van der Waals surface area (Å²) < 4.78 is 95.3. The fourth-order valence-electron chi connectivity index (χ4n) is 12.8. The van der Waals surface area contributed by atoms with E-state index in [4.69, 9.17) is 106 Å². The molecule has 0 aliphatic carbocycles. The van der Waals surface area contributed by atoms with Gasteiger partial charge in [-0.05, 0) is 204 Å². The minimum Gasteiger partial charge on any atom is -0.497 e. The lowest BCUT2D eigenvalue weighted by atomic mass is 10.0. The third kappa shape index (κ3) is 26.4. The molecular formula is C94H102N8O16. The Morgan fingerprint density at radius 3 is 0.788 bits per heavy atom. The van der Waals surface area contributed by atoms with Gasteiger partial charge in [-0.3, -0.25) is 9.97 Å². The zero-order valence-corrected chi connectivity index (χ0v) is 68.2. The third-order valence-corrected chi connectivity index (χ3v) is 18.9. The standard InChI is InChI=1S/C94H102N8O16/c1-65-13-9-17-85(95-65)87-19-11-15-75(97-87)57-115-61-79-51-73(69-25-33-83(107-7)34-26-69)55-91(101-79)89-53-71(67-21-29-81(105-5)30-22-67)49-77(99-89)59-111-43-41-109-45-47-117-93(63-113-39-37-103-3)94(64-114-40-38-104-4)118-48-46-110-42-44-112-60-78-50-72(68-23-31-82(106-6)32-24-68)54-90(100-78)92-56-74(70-27-35-84(108-8)36-28-70)52-80(102-92)62-116-58-76-16-12-20-88(98-76)86-18-10-14-66(2)96-86/h9-36,49-56,93-94H,37-48,57-64H2,1-8H3/t93-,94-/m0/s1. The van der Waals surface area contributed by atoms with Gasteiger partial charge in [0.1, 0.15) is 35.2 Å². The van der Waals surface area contributed by atoms with E-state index in [1.54, 1.807) is 42.7 Å². The van der Waals surface area contributed by atoms with Crippen molar-refractivity contribution >= 4 is 0 Å². The predicted molar refractivity (Wildman–Crippen MR) is 450 cm³/mol. The van der Waals surface area contributed by atoms with E-state index in [0.717, 1.165) is 113 Å². The van der Waals surface area contributed by atoms with Gasteiger partial charge in [-0.2, -0.15) is 0 Å². The van der Waals surface area contributed by atoms with E-state index >= 15 is 0 Å².